The van der Waals surface area contributed by atoms with Gasteiger partial charge in [-0.3, -0.25) is 4.90 Å². The summed E-state index contributed by atoms with van der Waals surface area (Å²) in [4.78, 5) is 2.67. The number of rotatable bonds is 7. The molecule has 3 aliphatic carbocycles. The first-order chi connectivity index (χ1) is 17.8. The topological polar surface area (TPSA) is 79.3 Å². The van der Waals surface area contributed by atoms with E-state index in [1.165, 1.54) is 12.8 Å². The Balaban J connectivity index is 1.30. The zero-order valence-corrected chi connectivity index (χ0v) is 22.4. The molecule has 1 spiro atoms. The number of benzene rings is 2. The van der Waals surface area contributed by atoms with Crippen LogP contribution in [0.15, 0.2) is 36.4 Å². The second kappa shape index (κ2) is 8.35. The van der Waals surface area contributed by atoms with E-state index in [2.05, 4.69) is 4.90 Å². The van der Waals surface area contributed by atoms with Crippen LogP contribution in [-0.4, -0.2) is 68.2 Å². The molecule has 2 aromatic carbocycles. The van der Waals surface area contributed by atoms with Crippen molar-refractivity contribution in [1.82, 2.24) is 9.21 Å². The molecule has 1 N–H and O–H groups in total. The molecule has 5 atom stereocenters. The molecule has 2 bridgehead atoms. The van der Waals surface area contributed by atoms with Crippen molar-refractivity contribution in [2.24, 2.45) is 11.8 Å². The van der Waals surface area contributed by atoms with E-state index >= 15 is 0 Å². The number of aromatic hydroxyl groups is 1. The Hall–Kier alpha value is -2.29. The lowest BCUT2D eigenvalue weighted by Crippen LogP contribution is -2.69. The van der Waals surface area contributed by atoms with Crippen LogP contribution in [-0.2, 0) is 27.6 Å². The third kappa shape index (κ3) is 3.48. The van der Waals surface area contributed by atoms with Crippen molar-refractivity contribution in [1.29, 1.82) is 0 Å². The van der Waals surface area contributed by atoms with Crippen molar-refractivity contribution in [3.8, 4) is 17.2 Å². The average molecular weight is 525 g/mol. The van der Waals surface area contributed by atoms with Gasteiger partial charge in [0.1, 0.15) is 11.9 Å². The minimum Gasteiger partial charge on any atom is -0.508 e. The zero-order chi connectivity index (χ0) is 25.5. The summed E-state index contributed by atoms with van der Waals surface area (Å²) in [5.41, 5.74) is 2.56. The van der Waals surface area contributed by atoms with Gasteiger partial charge in [-0.1, -0.05) is 30.3 Å². The first-order valence-electron chi connectivity index (χ1n) is 13.7. The van der Waals surface area contributed by atoms with Crippen molar-refractivity contribution in [3.63, 3.8) is 0 Å². The minimum absolute atomic E-state index is 0.0237. The highest BCUT2D eigenvalue weighted by molar-refractivity contribution is 7.88. The molecule has 7 nitrogen and oxygen atoms in total. The fraction of sp³-hybridized carbons (Fsp3) is 0.586. The monoisotopic (exact) mass is 524 g/mol. The number of nitrogens with zero attached hydrogens (tertiary/aromatic N) is 2. The fourth-order valence-electron chi connectivity index (χ4n) is 8.13. The predicted octanol–water partition coefficient (Wildman–Crippen LogP) is 3.68. The molecule has 0 aromatic heterocycles. The molecule has 7 rings (SSSR count). The van der Waals surface area contributed by atoms with E-state index < -0.39 is 10.0 Å². The number of phenols is 1. The fourth-order valence-corrected chi connectivity index (χ4v) is 9.57. The molecule has 37 heavy (non-hydrogen) atoms. The number of piperidine rings is 1. The van der Waals surface area contributed by atoms with E-state index in [0.29, 0.717) is 17.7 Å². The summed E-state index contributed by atoms with van der Waals surface area (Å²) in [5.74, 6) is 2.71. The molecule has 3 fully saturated rings. The number of hydrogen-bond acceptors (Lipinski definition) is 6. The highest BCUT2D eigenvalue weighted by Crippen LogP contribution is 2.65. The highest BCUT2D eigenvalue weighted by atomic mass is 32.2. The molecule has 8 heteroatoms. The molecule has 1 saturated heterocycles. The quantitative estimate of drug-likeness (QED) is 0.595. The predicted molar refractivity (Wildman–Crippen MR) is 140 cm³/mol. The van der Waals surface area contributed by atoms with Gasteiger partial charge in [-0.05, 0) is 62.5 Å². The van der Waals surface area contributed by atoms with Crippen LogP contribution in [0.5, 0.6) is 17.2 Å². The minimum atomic E-state index is -3.56. The molecule has 0 unspecified atom stereocenters. The zero-order valence-electron chi connectivity index (χ0n) is 21.6. The van der Waals surface area contributed by atoms with Crippen LogP contribution in [0.3, 0.4) is 0 Å². The van der Waals surface area contributed by atoms with E-state index in [1.54, 1.807) is 24.5 Å². The molecule has 2 heterocycles. The van der Waals surface area contributed by atoms with Gasteiger partial charge in [0.2, 0.25) is 10.0 Å². The van der Waals surface area contributed by atoms with E-state index in [9.17, 15) is 13.5 Å². The van der Waals surface area contributed by atoms with Crippen LogP contribution < -0.4 is 9.47 Å². The first kappa shape index (κ1) is 23.8. The van der Waals surface area contributed by atoms with Gasteiger partial charge in [-0.2, -0.15) is 4.31 Å². The van der Waals surface area contributed by atoms with Gasteiger partial charge >= 0.3 is 0 Å². The number of hydrogen-bond donors (Lipinski definition) is 1. The third-order valence-electron chi connectivity index (χ3n) is 10.00. The van der Waals surface area contributed by atoms with Gasteiger partial charge < -0.3 is 14.6 Å². The second-order valence-corrected chi connectivity index (χ2v) is 13.9. The summed E-state index contributed by atoms with van der Waals surface area (Å²) in [5, 5.41) is 11.1. The van der Waals surface area contributed by atoms with Crippen molar-refractivity contribution < 1.29 is 23.0 Å². The normalized spacial score (nSPS) is 32.2. The number of likely N-dealkylation sites (tertiary alicyclic amines) is 1. The molecular weight excluding hydrogens is 488 g/mol. The lowest BCUT2D eigenvalue weighted by Gasteiger charge is -2.60. The van der Waals surface area contributed by atoms with Crippen molar-refractivity contribution in [2.75, 3.05) is 27.2 Å². The lowest BCUT2D eigenvalue weighted by molar-refractivity contribution is -0.0754. The van der Waals surface area contributed by atoms with Gasteiger partial charge in [-0.15, -0.1) is 0 Å². The Labute approximate surface area is 219 Å². The van der Waals surface area contributed by atoms with Gasteiger partial charge in [0.15, 0.2) is 11.5 Å². The largest absolute Gasteiger partial charge is 0.508 e. The van der Waals surface area contributed by atoms with E-state index in [0.717, 1.165) is 67.1 Å². The Bertz CT molecular complexity index is 1330. The molecule has 0 amide bonds. The SMILES string of the molecule is COc1cc(O)c2c3c1O[C@H]1[C@H](N(C)S(=O)(=O)Cc4ccccc4)CC[C@H]4[C@@H](C2)N(CC2CC2)CC[C@@]341. The molecule has 2 aromatic rings. The number of methoxy groups -OCH3 is 1. The number of sulfonamides is 1. The number of phenolic OH excluding ortho intramolecular Hbond substituents is 1. The molecule has 198 valence electrons. The van der Waals surface area contributed by atoms with Gasteiger partial charge in [0.25, 0.3) is 0 Å². The van der Waals surface area contributed by atoms with Gasteiger partial charge in [0.05, 0.1) is 18.9 Å². The summed E-state index contributed by atoms with van der Waals surface area (Å²) in [6.45, 7) is 2.12. The summed E-state index contributed by atoms with van der Waals surface area (Å²) in [6, 6.07) is 11.2. The molecule has 5 aliphatic rings. The first-order valence-corrected chi connectivity index (χ1v) is 15.3. The maximum Gasteiger partial charge on any atom is 0.218 e. The van der Waals surface area contributed by atoms with Crippen molar-refractivity contribution in [2.45, 2.75) is 67.9 Å². The van der Waals surface area contributed by atoms with Crippen molar-refractivity contribution >= 4 is 10.0 Å². The Kier molecular flexibility index (Phi) is 5.37. The van der Waals surface area contributed by atoms with Crippen LogP contribution in [0.4, 0.5) is 0 Å². The average Bonchev–Trinajstić information content (AvgIpc) is 3.64. The third-order valence-corrected chi connectivity index (χ3v) is 11.8. The summed E-state index contributed by atoms with van der Waals surface area (Å²) in [6.07, 6.45) is 5.81. The van der Waals surface area contributed by atoms with Crippen LogP contribution in [0.25, 0.3) is 0 Å². The Morgan fingerprint density at radius 3 is 2.70 bits per heavy atom. The van der Waals surface area contributed by atoms with Gasteiger partial charge in [0, 0.05) is 42.2 Å². The summed E-state index contributed by atoms with van der Waals surface area (Å²) in [7, 11) is -0.225. The van der Waals surface area contributed by atoms with E-state index in [4.69, 9.17) is 9.47 Å². The van der Waals surface area contributed by atoms with Crippen LogP contribution >= 0.6 is 0 Å². The Morgan fingerprint density at radius 2 is 1.97 bits per heavy atom. The van der Waals surface area contributed by atoms with Crippen LogP contribution in [0.2, 0.25) is 0 Å². The molecule has 0 radical (unpaired) electrons. The lowest BCUT2D eigenvalue weighted by atomic mass is 9.51. The summed E-state index contributed by atoms with van der Waals surface area (Å²) < 4.78 is 41.4. The Morgan fingerprint density at radius 1 is 1.19 bits per heavy atom. The van der Waals surface area contributed by atoms with Crippen LogP contribution in [0, 0.1) is 11.8 Å². The van der Waals surface area contributed by atoms with Crippen molar-refractivity contribution in [3.05, 3.63) is 53.1 Å². The second-order valence-electron chi connectivity index (χ2n) is 11.8. The highest BCUT2D eigenvalue weighted by Gasteiger charge is 2.67. The molecule has 2 saturated carbocycles. The molecular formula is C29H36N2O5S. The number of ether oxygens (including phenoxy) is 2. The van der Waals surface area contributed by atoms with Gasteiger partial charge in [-0.25, -0.2) is 8.42 Å². The van der Waals surface area contributed by atoms with E-state index in [-0.39, 0.29) is 29.1 Å². The maximum absolute atomic E-state index is 13.6. The van der Waals surface area contributed by atoms with Crippen LogP contribution in [0.1, 0.15) is 48.8 Å². The van der Waals surface area contributed by atoms with E-state index in [1.807, 2.05) is 30.3 Å². The molecule has 2 aliphatic heterocycles. The smallest absolute Gasteiger partial charge is 0.218 e. The number of likely N-dealkylation sites (N-methyl/N-ethyl adjacent to an activating group) is 1. The standard InChI is InChI=1S/C29H36N2O5S/c1-30(37(33,34)17-19-6-4-3-5-7-19)22-11-10-21-23-14-20-24(32)15-25(35-2)27-26(20)29(21,28(22)36-27)12-13-31(23)16-18-8-9-18/h3-7,15,18,21-23,28,32H,8-14,16-17H2,1-2H3/t21-,22+,23+,28-,29-/m0/s1. The maximum atomic E-state index is 13.6. The summed E-state index contributed by atoms with van der Waals surface area (Å²) >= 11 is 0.